The van der Waals surface area contributed by atoms with Crippen molar-refractivity contribution in [1.29, 1.82) is 10.5 Å². The first-order valence-electron chi connectivity index (χ1n) is 3.90. The summed E-state index contributed by atoms with van der Waals surface area (Å²) in [5.74, 6) is 0. The van der Waals surface area contributed by atoms with Gasteiger partial charge in [0.25, 0.3) is 0 Å². The van der Waals surface area contributed by atoms with Crippen molar-refractivity contribution in [2.24, 2.45) is 5.73 Å². The lowest BCUT2D eigenvalue weighted by molar-refractivity contribution is 0.748. The van der Waals surface area contributed by atoms with Crippen LogP contribution in [0.5, 0.6) is 0 Å². The molecule has 13 heavy (non-hydrogen) atoms. The van der Waals surface area contributed by atoms with Crippen molar-refractivity contribution in [3.05, 3.63) is 35.4 Å². The monoisotopic (exact) mass is 171 g/mol. The van der Waals surface area contributed by atoms with E-state index >= 15 is 0 Å². The Balaban J connectivity index is 2.91. The highest BCUT2D eigenvalue weighted by molar-refractivity contribution is 5.34. The van der Waals surface area contributed by atoms with Gasteiger partial charge in [-0.25, -0.2) is 0 Å². The van der Waals surface area contributed by atoms with Gasteiger partial charge in [0, 0.05) is 6.04 Å². The van der Waals surface area contributed by atoms with Crippen LogP contribution in [0, 0.1) is 22.7 Å². The van der Waals surface area contributed by atoms with Crippen molar-refractivity contribution in [3.8, 4) is 12.1 Å². The minimum Gasteiger partial charge on any atom is -0.323 e. The highest BCUT2D eigenvalue weighted by atomic mass is 14.6. The first-order valence-corrected chi connectivity index (χ1v) is 3.90. The maximum atomic E-state index is 8.62. The van der Waals surface area contributed by atoms with Crippen LogP contribution < -0.4 is 5.73 Å². The summed E-state index contributed by atoms with van der Waals surface area (Å²) in [7, 11) is 0. The number of hydrogen-bond donors (Lipinski definition) is 1. The SMILES string of the molecule is N#CC[C@@H](N)c1cccc(C#N)c1. The molecule has 3 heteroatoms. The molecule has 0 amide bonds. The van der Waals surface area contributed by atoms with Crippen molar-refractivity contribution < 1.29 is 0 Å². The summed E-state index contributed by atoms with van der Waals surface area (Å²) in [5.41, 5.74) is 7.11. The van der Waals surface area contributed by atoms with Crippen LogP contribution in [-0.4, -0.2) is 0 Å². The second-order valence-electron chi connectivity index (χ2n) is 2.71. The van der Waals surface area contributed by atoms with Crippen LogP contribution >= 0.6 is 0 Å². The van der Waals surface area contributed by atoms with Crippen molar-refractivity contribution in [3.63, 3.8) is 0 Å². The molecule has 0 heterocycles. The van der Waals surface area contributed by atoms with E-state index < -0.39 is 0 Å². The van der Waals surface area contributed by atoms with Gasteiger partial charge in [0.15, 0.2) is 0 Å². The standard InChI is InChI=1S/C10H9N3/c11-5-4-10(13)9-3-1-2-8(6-9)7-12/h1-3,6,10H,4,13H2/t10-/m1/s1. The lowest BCUT2D eigenvalue weighted by Gasteiger charge is -2.06. The van der Waals surface area contributed by atoms with Crippen LogP contribution in [0.1, 0.15) is 23.6 Å². The molecule has 1 rings (SSSR count). The maximum Gasteiger partial charge on any atom is 0.0991 e. The fraction of sp³-hybridized carbons (Fsp3) is 0.200. The van der Waals surface area contributed by atoms with Crippen LogP contribution in [-0.2, 0) is 0 Å². The summed E-state index contributed by atoms with van der Waals surface area (Å²) in [4.78, 5) is 0. The summed E-state index contributed by atoms with van der Waals surface area (Å²) < 4.78 is 0. The molecule has 1 atom stereocenters. The predicted molar refractivity (Wildman–Crippen MR) is 48.3 cm³/mol. The Hall–Kier alpha value is -1.84. The van der Waals surface area contributed by atoms with Crippen LogP contribution in [0.4, 0.5) is 0 Å². The number of nitrogens with two attached hydrogens (primary N) is 1. The zero-order valence-electron chi connectivity index (χ0n) is 7.07. The Bertz CT molecular complexity index is 370. The molecule has 3 nitrogen and oxygen atoms in total. The van der Waals surface area contributed by atoms with Crippen LogP contribution in [0.15, 0.2) is 24.3 Å². The molecular formula is C10H9N3. The van der Waals surface area contributed by atoms with E-state index in [0.717, 1.165) is 5.56 Å². The Kier molecular flexibility index (Phi) is 3.03. The summed E-state index contributed by atoms with van der Waals surface area (Å²) in [6, 6.07) is 10.7. The third kappa shape index (κ3) is 2.30. The number of nitrogens with zero attached hydrogens (tertiary/aromatic N) is 2. The van der Waals surface area contributed by atoms with E-state index in [1.165, 1.54) is 0 Å². The summed E-state index contributed by atoms with van der Waals surface area (Å²) in [5, 5.41) is 17.0. The molecule has 0 saturated heterocycles. The summed E-state index contributed by atoms with van der Waals surface area (Å²) >= 11 is 0. The van der Waals surface area contributed by atoms with Crippen molar-refractivity contribution in [2.45, 2.75) is 12.5 Å². The average Bonchev–Trinajstić information content (AvgIpc) is 2.18. The molecule has 0 aliphatic carbocycles. The first kappa shape index (κ1) is 9.25. The highest BCUT2D eigenvalue weighted by Gasteiger charge is 2.04. The third-order valence-electron chi connectivity index (χ3n) is 1.76. The number of nitriles is 2. The van der Waals surface area contributed by atoms with Gasteiger partial charge in [0.05, 0.1) is 24.1 Å². The molecule has 0 fully saturated rings. The molecule has 64 valence electrons. The van der Waals surface area contributed by atoms with Gasteiger partial charge in [-0.05, 0) is 17.7 Å². The van der Waals surface area contributed by atoms with E-state index in [9.17, 15) is 0 Å². The maximum absolute atomic E-state index is 8.62. The minimum atomic E-state index is -0.293. The third-order valence-corrected chi connectivity index (χ3v) is 1.76. The molecule has 0 unspecified atom stereocenters. The van der Waals surface area contributed by atoms with Crippen molar-refractivity contribution in [2.75, 3.05) is 0 Å². The van der Waals surface area contributed by atoms with Gasteiger partial charge in [-0.3, -0.25) is 0 Å². The number of benzene rings is 1. The lowest BCUT2D eigenvalue weighted by atomic mass is 10.0. The predicted octanol–water partition coefficient (Wildman–Crippen LogP) is 1.47. The molecule has 0 saturated carbocycles. The molecule has 0 radical (unpaired) electrons. The number of rotatable bonds is 2. The van der Waals surface area contributed by atoms with E-state index in [2.05, 4.69) is 0 Å². The van der Waals surface area contributed by atoms with E-state index in [-0.39, 0.29) is 12.5 Å². The average molecular weight is 171 g/mol. The van der Waals surface area contributed by atoms with Gasteiger partial charge in [-0.2, -0.15) is 10.5 Å². The topological polar surface area (TPSA) is 73.6 Å². The van der Waals surface area contributed by atoms with E-state index in [4.69, 9.17) is 16.3 Å². The van der Waals surface area contributed by atoms with Crippen LogP contribution in [0.25, 0.3) is 0 Å². The molecule has 0 aliphatic rings. The Morgan fingerprint density at radius 1 is 1.38 bits per heavy atom. The summed E-state index contributed by atoms with van der Waals surface area (Å²) in [6.45, 7) is 0. The van der Waals surface area contributed by atoms with Crippen molar-refractivity contribution >= 4 is 0 Å². The smallest absolute Gasteiger partial charge is 0.0991 e. The zero-order chi connectivity index (χ0) is 9.68. The normalized spacial score (nSPS) is 11.3. The summed E-state index contributed by atoms with van der Waals surface area (Å²) in [6.07, 6.45) is 0.273. The minimum absolute atomic E-state index is 0.273. The van der Waals surface area contributed by atoms with Gasteiger partial charge in [-0.15, -0.1) is 0 Å². The molecule has 1 aromatic carbocycles. The van der Waals surface area contributed by atoms with Gasteiger partial charge in [0.2, 0.25) is 0 Å². The highest BCUT2D eigenvalue weighted by Crippen LogP contribution is 2.14. The molecule has 0 spiro atoms. The second-order valence-corrected chi connectivity index (χ2v) is 2.71. The molecule has 0 aliphatic heterocycles. The van der Waals surface area contributed by atoms with Gasteiger partial charge < -0.3 is 5.73 Å². The van der Waals surface area contributed by atoms with Crippen LogP contribution in [0.3, 0.4) is 0 Å². The second kappa shape index (κ2) is 4.25. The lowest BCUT2D eigenvalue weighted by Crippen LogP contribution is -2.09. The Morgan fingerprint density at radius 2 is 2.15 bits per heavy atom. The largest absolute Gasteiger partial charge is 0.323 e. The van der Waals surface area contributed by atoms with E-state index in [1.807, 2.05) is 18.2 Å². The molecule has 0 aromatic heterocycles. The van der Waals surface area contributed by atoms with Gasteiger partial charge in [-0.1, -0.05) is 12.1 Å². The Morgan fingerprint density at radius 3 is 2.77 bits per heavy atom. The zero-order valence-corrected chi connectivity index (χ0v) is 7.07. The quantitative estimate of drug-likeness (QED) is 0.732. The fourth-order valence-electron chi connectivity index (χ4n) is 1.06. The van der Waals surface area contributed by atoms with E-state index in [1.54, 1.807) is 18.2 Å². The Labute approximate surface area is 77.0 Å². The first-order chi connectivity index (χ1) is 6.27. The molecule has 2 N–H and O–H groups in total. The van der Waals surface area contributed by atoms with Crippen LogP contribution in [0.2, 0.25) is 0 Å². The van der Waals surface area contributed by atoms with Crippen molar-refractivity contribution in [1.82, 2.24) is 0 Å². The number of hydrogen-bond acceptors (Lipinski definition) is 3. The van der Waals surface area contributed by atoms with Gasteiger partial charge >= 0.3 is 0 Å². The van der Waals surface area contributed by atoms with E-state index in [0.29, 0.717) is 5.56 Å². The fourth-order valence-corrected chi connectivity index (χ4v) is 1.06. The van der Waals surface area contributed by atoms with Gasteiger partial charge in [0.1, 0.15) is 0 Å². The molecule has 0 bridgehead atoms. The molecule has 1 aromatic rings. The molecular weight excluding hydrogens is 162 g/mol.